The number of nitrogens with one attached hydrogen (secondary N) is 1. The number of nitrogens with zero attached hydrogens (tertiary/aromatic N) is 2. The molecule has 2 fully saturated rings. The molecular formula is C22H27N3O5S2. The van der Waals surface area contributed by atoms with Crippen LogP contribution in [0.15, 0.2) is 46.7 Å². The number of hydrogen-bond acceptors (Lipinski definition) is 6. The number of ether oxygens (including phenoxy) is 1. The first kappa shape index (κ1) is 22.9. The third-order valence-corrected chi connectivity index (χ3v) is 8.14. The van der Waals surface area contributed by atoms with Crippen molar-refractivity contribution in [2.45, 2.75) is 24.3 Å². The predicted octanol–water partition coefficient (Wildman–Crippen LogP) is 1.94. The number of amides is 2. The molecule has 172 valence electrons. The highest BCUT2D eigenvalue weighted by atomic mass is 32.2. The normalized spacial score (nSPS) is 18.0. The van der Waals surface area contributed by atoms with Gasteiger partial charge in [0.05, 0.1) is 18.1 Å². The summed E-state index contributed by atoms with van der Waals surface area (Å²) in [7, 11) is -3.73. The van der Waals surface area contributed by atoms with E-state index in [-0.39, 0.29) is 29.2 Å². The summed E-state index contributed by atoms with van der Waals surface area (Å²) in [4.78, 5) is 30.2. The van der Waals surface area contributed by atoms with Gasteiger partial charge in [0.1, 0.15) is 0 Å². The molecule has 2 amide bonds. The van der Waals surface area contributed by atoms with Crippen LogP contribution < -0.4 is 4.72 Å². The number of carbonyl (C=O) groups is 2. The lowest BCUT2D eigenvalue weighted by Crippen LogP contribution is -2.47. The summed E-state index contributed by atoms with van der Waals surface area (Å²) in [6.45, 7) is 3.57. The Morgan fingerprint density at radius 3 is 2.47 bits per heavy atom. The van der Waals surface area contributed by atoms with Crippen LogP contribution >= 0.6 is 11.3 Å². The molecule has 3 heterocycles. The Bertz CT molecular complexity index is 1040. The molecule has 1 aromatic carbocycles. The van der Waals surface area contributed by atoms with Gasteiger partial charge in [0.15, 0.2) is 0 Å². The first-order chi connectivity index (χ1) is 15.4. The van der Waals surface area contributed by atoms with E-state index in [1.807, 2.05) is 22.4 Å². The average Bonchev–Trinajstić information content (AvgIpc) is 3.37. The number of benzene rings is 1. The first-order valence-corrected chi connectivity index (χ1v) is 13.1. The van der Waals surface area contributed by atoms with Crippen LogP contribution in [0.4, 0.5) is 0 Å². The Kier molecular flexibility index (Phi) is 7.24. The largest absolute Gasteiger partial charge is 0.378 e. The summed E-state index contributed by atoms with van der Waals surface area (Å²) in [5.74, 6) is -0.145. The number of rotatable bonds is 6. The summed E-state index contributed by atoms with van der Waals surface area (Å²) in [5.41, 5.74) is 0.335. The van der Waals surface area contributed by atoms with Gasteiger partial charge < -0.3 is 14.5 Å². The third-order valence-electron chi connectivity index (χ3n) is 5.86. The van der Waals surface area contributed by atoms with Crippen LogP contribution in [0.2, 0.25) is 0 Å². The van der Waals surface area contributed by atoms with E-state index in [1.165, 1.54) is 23.5 Å². The molecule has 2 aliphatic rings. The number of likely N-dealkylation sites (tertiary alicyclic amines) is 1. The van der Waals surface area contributed by atoms with Gasteiger partial charge in [-0.25, -0.2) is 13.1 Å². The first-order valence-electron chi connectivity index (χ1n) is 10.7. The van der Waals surface area contributed by atoms with Crippen molar-refractivity contribution in [3.05, 3.63) is 52.2 Å². The van der Waals surface area contributed by atoms with Crippen LogP contribution in [-0.4, -0.2) is 69.4 Å². The summed E-state index contributed by atoms with van der Waals surface area (Å²) in [6.07, 6.45) is 1.23. The molecule has 0 unspecified atom stereocenters. The van der Waals surface area contributed by atoms with E-state index in [0.717, 1.165) is 4.88 Å². The van der Waals surface area contributed by atoms with Gasteiger partial charge in [-0.3, -0.25) is 9.59 Å². The van der Waals surface area contributed by atoms with Gasteiger partial charge in [-0.15, -0.1) is 11.3 Å². The number of carbonyl (C=O) groups excluding carboxylic acids is 2. The van der Waals surface area contributed by atoms with Crippen molar-refractivity contribution in [3.63, 3.8) is 0 Å². The highest BCUT2D eigenvalue weighted by Gasteiger charge is 2.31. The third kappa shape index (κ3) is 5.37. The number of thiophene rings is 1. The Hall–Kier alpha value is -2.27. The van der Waals surface area contributed by atoms with E-state index in [1.54, 1.807) is 17.0 Å². The van der Waals surface area contributed by atoms with Crippen molar-refractivity contribution in [2.75, 3.05) is 39.4 Å². The molecule has 2 aromatic rings. The van der Waals surface area contributed by atoms with Crippen LogP contribution in [0, 0.1) is 5.92 Å². The maximum Gasteiger partial charge on any atom is 0.253 e. The molecule has 0 saturated carbocycles. The maximum absolute atomic E-state index is 13.0. The molecule has 32 heavy (non-hydrogen) atoms. The Balaban J connectivity index is 1.36. The number of hydrogen-bond donors (Lipinski definition) is 1. The molecular weight excluding hydrogens is 450 g/mol. The second kappa shape index (κ2) is 10.1. The van der Waals surface area contributed by atoms with E-state index < -0.39 is 10.0 Å². The van der Waals surface area contributed by atoms with Gasteiger partial charge in [-0.05, 0) is 42.5 Å². The van der Waals surface area contributed by atoms with Gasteiger partial charge in [0.2, 0.25) is 15.9 Å². The van der Waals surface area contributed by atoms with E-state index in [2.05, 4.69) is 4.72 Å². The van der Waals surface area contributed by atoms with Crippen LogP contribution in [0.5, 0.6) is 0 Å². The Morgan fingerprint density at radius 2 is 1.78 bits per heavy atom. The number of piperidine rings is 1. The molecule has 1 aromatic heterocycles. The van der Waals surface area contributed by atoms with Crippen LogP contribution in [0.1, 0.15) is 28.1 Å². The SMILES string of the molecule is O=C(c1cccc(S(=O)(=O)NCc2cccs2)c1)N1CCC(C(=O)N2CCOCC2)CC1. The van der Waals surface area contributed by atoms with Gasteiger partial charge in [0, 0.05) is 49.1 Å². The summed E-state index contributed by atoms with van der Waals surface area (Å²) < 4.78 is 33.2. The van der Waals surface area contributed by atoms with Crippen molar-refractivity contribution in [2.24, 2.45) is 5.92 Å². The van der Waals surface area contributed by atoms with E-state index in [9.17, 15) is 18.0 Å². The van der Waals surface area contributed by atoms with Gasteiger partial charge in [-0.1, -0.05) is 12.1 Å². The average molecular weight is 478 g/mol. The molecule has 0 spiro atoms. The van der Waals surface area contributed by atoms with Crippen LogP contribution in [0.25, 0.3) is 0 Å². The van der Waals surface area contributed by atoms with Crippen LogP contribution in [-0.2, 0) is 26.1 Å². The Labute approximate surface area is 192 Å². The molecule has 2 saturated heterocycles. The summed E-state index contributed by atoms with van der Waals surface area (Å²) in [6, 6.07) is 9.85. The fraction of sp³-hybridized carbons (Fsp3) is 0.455. The van der Waals surface area contributed by atoms with Crippen molar-refractivity contribution >= 4 is 33.2 Å². The van der Waals surface area contributed by atoms with Crippen molar-refractivity contribution < 1.29 is 22.7 Å². The highest BCUT2D eigenvalue weighted by molar-refractivity contribution is 7.89. The molecule has 10 heteroatoms. The minimum absolute atomic E-state index is 0.0669. The quantitative estimate of drug-likeness (QED) is 0.686. The minimum Gasteiger partial charge on any atom is -0.378 e. The topological polar surface area (TPSA) is 96.0 Å². The molecule has 0 aliphatic carbocycles. The monoisotopic (exact) mass is 477 g/mol. The second-order valence-corrected chi connectivity index (χ2v) is 10.7. The molecule has 0 atom stereocenters. The smallest absolute Gasteiger partial charge is 0.253 e. The lowest BCUT2D eigenvalue weighted by molar-refractivity contribution is -0.141. The highest BCUT2D eigenvalue weighted by Crippen LogP contribution is 2.23. The van der Waals surface area contributed by atoms with Crippen molar-refractivity contribution in [3.8, 4) is 0 Å². The second-order valence-electron chi connectivity index (χ2n) is 7.94. The molecule has 4 rings (SSSR count). The fourth-order valence-electron chi connectivity index (χ4n) is 4.01. The van der Waals surface area contributed by atoms with Gasteiger partial charge in [-0.2, -0.15) is 0 Å². The molecule has 0 bridgehead atoms. The maximum atomic E-state index is 13.0. The zero-order valence-electron chi connectivity index (χ0n) is 17.7. The van der Waals surface area contributed by atoms with E-state index in [0.29, 0.717) is 57.8 Å². The molecule has 2 aliphatic heterocycles. The summed E-state index contributed by atoms with van der Waals surface area (Å²) in [5, 5.41) is 1.89. The van der Waals surface area contributed by atoms with Gasteiger partial charge >= 0.3 is 0 Å². The van der Waals surface area contributed by atoms with Crippen LogP contribution in [0.3, 0.4) is 0 Å². The van der Waals surface area contributed by atoms with E-state index in [4.69, 9.17) is 4.74 Å². The number of sulfonamides is 1. The van der Waals surface area contributed by atoms with E-state index >= 15 is 0 Å². The molecule has 1 N–H and O–H groups in total. The number of morpholine rings is 1. The zero-order chi connectivity index (χ0) is 22.6. The fourth-order valence-corrected chi connectivity index (χ4v) is 5.80. The van der Waals surface area contributed by atoms with Crippen molar-refractivity contribution in [1.82, 2.24) is 14.5 Å². The minimum atomic E-state index is -3.73. The lowest BCUT2D eigenvalue weighted by atomic mass is 9.94. The zero-order valence-corrected chi connectivity index (χ0v) is 19.4. The summed E-state index contributed by atoms with van der Waals surface area (Å²) >= 11 is 1.48. The Morgan fingerprint density at radius 1 is 1.03 bits per heavy atom. The van der Waals surface area contributed by atoms with Gasteiger partial charge in [0.25, 0.3) is 5.91 Å². The predicted molar refractivity (Wildman–Crippen MR) is 121 cm³/mol. The molecule has 8 nitrogen and oxygen atoms in total. The molecule has 0 radical (unpaired) electrons. The lowest BCUT2D eigenvalue weighted by Gasteiger charge is -2.35. The van der Waals surface area contributed by atoms with Crippen molar-refractivity contribution in [1.29, 1.82) is 0 Å². The standard InChI is InChI=1S/C22H27N3O5S2/c26-21(25-10-12-30-13-11-25)17-6-8-24(9-7-17)22(27)18-3-1-5-20(15-18)32(28,29)23-16-19-4-2-14-31-19/h1-5,14-15,17,23H,6-13,16H2.